The van der Waals surface area contributed by atoms with Crippen molar-refractivity contribution in [1.29, 1.82) is 0 Å². The molecule has 0 aliphatic heterocycles. The molecule has 0 fully saturated rings. The highest BCUT2D eigenvalue weighted by atomic mass is 32.2. The second-order valence-electron chi connectivity index (χ2n) is 5.90. The van der Waals surface area contributed by atoms with Crippen LogP contribution in [0.3, 0.4) is 0 Å². The topological polar surface area (TPSA) is 25.8 Å². The summed E-state index contributed by atoms with van der Waals surface area (Å²) in [7, 11) is 0. The van der Waals surface area contributed by atoms with E-state index >= 15 is 0 Å². The van der Waals surface area contributed by atoms with Crippen LogP contribution in [0.5, 0.6) is 0 Å². The van der Waals surface area contributed by atoms with E-state index in [1.54, 1.807) is 35.9 Å². The monoisotopic (exact) mass is 392 g/mol. The summed E-state index contributed by atoms with van der Waals surface area (Å²) in [6, 6.07) is 18.9. The van der Waals surface area contributed by atoms with Crippen LogP contribution in [-0.2, 0) is 0 Å². The fourth-order valence-electron chi connectivity index (χ4n) is 2.81. The van der Waals surface area contributed by atoms with Gasteiger partial charge in [0.25, 0.3) is 0 Å². The number of nitrogens with zero attached hydrogens (tertiary/aromatic N) is 2. The number of hydrogen-bond acceptors (Lipinski definition) is 4. The van der Waals surface area contributed by atoms with Gasteiger partial charge in [0.05, 0.1) is 10.6 Å². The van der Waals surface area contributed by atoms with Gasteiger partial charge in [0.2, 0.25) is 0 Å². The van der Waals surface area contributed by atoms with Crippen LogP contribution in [0.2, 0.25) is 0 Å². The number of rotatable bonds is 5. The van der Waals surface area contributed by atoms with Crippen molar-refractivity contribution >= 4 is 23.1 Å². The van der Waals surface area contributed by atoms with Crippen LogP contribution in [0.4, 0.5) is 4.39 Å². The van der Waals surface area contributed by atoms with Gasteiger partial charge in [0.15, 0.2) is 0 Å². The van der Waals surface area contributed by atoms with Crippen molar-refractivity contribution in [3.8, 4) is 32.3 Å². The molecule has 2 heterocycles. The first-order valence-electron chi connectivity index (χ1n) is 8.65. The van der Waals surface area contributed by atoms with Crippen molar-refractivity contribution < 1.29 is 4.39 Å². The number of hydrogen-bond donors (Lipinski definition) is 0. The molecule has 4 aromatic rings. The second kappa shape index (κ2) is 8.03. The average Bonchev–Trinajstić information content (AvgIpc) is 3.15. The van der Waals surface area contributed by atoms with E-state index in [4.69, 9.17) is 4.98 Å². The van der Waals surface area contributed by atoms with E-state index in [0.29, 0.717) is 0 Å². The number of halogens is 1. The van der Waals surface area contributed by atoms with E-state index in [1.807, 2.05) is 23.9 Å². The van der Waals surface area contributed by atoms with Gasteiger partial charge in [-0.1, -0.05) is 19.1 Å². The minimum atomic E-state index is -0.247. The Hall–Kier alpha value is -2.50. The summed E-state index contributed by atoms with van der Waals surface area (Å²) in [5.41, 5.74) is 3.92. The summed E-state index contributed by atoms with van der Waals surface area (Å²) < 4.78 is 13.4. The van der Waals surface area contributed by atoms with Crippen molar-refractivity contribution in [2.45, 2.75) is 11.8 Å². The predicted octanol–water partition coefficient (Wildman–Crippen LogP) is 6.79. The van der Waals surface area contributed by atoms with E-state index in [-0.39, 0.29) is 5.82 Å². The van der Waals surface area contributed by atoms with Crippen molar-refractivity contribution in [3.05, 3.63) is 78.9 Å². The zero-order valence-corrected chi connectivity index (χ0v) is 16.4. The molecule has 0 N–H and O–H groups in total. The van der Waals surface area contributed by atoms with Gasteiger partial charge in [0.1, 0.15) is 10.8 Å². The van der Waals surface area contributed by atoms with Gasteiger partial charge in [-0.05, 0) is 59.8 Å². The van der Waals surface area contributed by atoms with E-state index in [1.165, 1.54) is 17.0 Å². The molecule has 0 saturated heterocycles. The molecule has 0 atom stereocenters. The molecule has 27 heavy (non-hydrogen) atoms. The second-order valence-corrected chi connectivity index (χ2v) is 8.23. The lowest BCUT2D eigenvalue weighted by Crippen LogP contribution is -1.84. The first kappa shape index (κ1) is 17.9. The Bertz CT molecular complexity index is 1030. The molecular weight excluding hydrogens is 375 g/mol. The van der Waals surface area contributed by atoms with Crippen LogP contribution >= 0.6 is 23.1 Å². The maximum atomic E-state index is 13.4. The fourth-order valence-corrected chi connectivity index (χ4v) is 4.57. The molecule has 0 aliphatic rings. The molecule has 4 rings (SSSR count). The van der Waals surface area contributed by atoms with Crippen LogP contribution in [0.1, 0.15) is 6.92 Å². The zero-order valence-electron chi connectivity index (χ0n) is 14.7. The zero-order chi connectivity index (χ0) is 18.6. The van der Waals surface area contributed by atoms with Crippen LogP contribution < -0.4 is 0 Å². The molecule has 0 unspecified atom stereocenters. The minimum Gasteiger partial charge on any atom is -0.265 e. The Morgan fingerprint density at radius 1 is 0.852 bits per heavy atom. The lowest BCUT2D eigenvalue weighted by atomic mass is 10.1. The van der Waals surface area contributed by atoms with Gasteiger partial charge >= 0.3 is 0 Å². The first-order chi connectivity index (χ1) is 13.2. The molecule has 0 spiro atoms. The van der Waals surface area contributed by atoms with E-state index < -0.39 is 0 Å². The quantitative estimate of drug-likeness (QED) is 0.350. The largest absolute Gasteiger partial charge is 0.265 e. The summed E-state index contributed by atoms with van der Waals surface area (Å²) in [5, 5.41) is 0.953. The molecule has 0 radical (unpaired) electrons. The Morgan fingerprint density at radius 3 is 2.19 bits per heavy atom. The summed E-state index contributed by atoms with van der Waals surface area (Å²) in [4.78, 5) is 11.3. The van der Waals surface area contributed by atoms with Gasteiger partial charge in [-0.15, -0.1) is 23.1 Å². The SMILES string of the molecule is CCSc1ccc(-c2nc(-c3ccc(F)cc3)c(-c3ccncc3)s2)cc1. The van der Waals surface area contributed by atoms with Crippen LogP contribution in [0.25, 0.3) is 32.3 Å². The summed E-state index contributed by atoms with van der Waals surface area (Å²) in [6.45, 7) is 2.15. The number of thiazole rings is 1. The molecule has 0 saturated carbocycles. The standard InChI is InChI=1S/C22H17FN2S2/c1-2-26-19-9-5-17(6-10-19)22-25-20(15-3-7-18(23)8-4-15)21(27-22)16-11-13-24-14-12-16/h3-14H,2H2,1H3. The molecule has 2 aromatic heterocycles. The first-order valence-corrected chi connectivity index (χ1v) is 10.4. The van der Waals surface area contributed by atoms with Gasteiger partial charge in [-0.25, -0.2) is 9.37 Å². The van der Waals surface area contributed by atoms with Crippen LogP contribution in [0.15, 0.2) is 78.0 Å². The molecule has 134 valence electrons. The van der Waals surface area contributed by atoms with E-state index in [0.717, 1.165) is 38.0 Å². The maximum absolute atomic E-state index is 13.4. The fraction of sp³-hybridized carbons (Fsp3) is 0.0909. The highest BCUT2D eigenvalue weighted by Crippen LogP contribution is 2.40. The summed E-state index contributed by atoms with van der Waals surface area (Å²) >= 11 is 3.47. The summed E-state index contributed by atoms with van der Waals surface area (Å²) in [6.07, 6.45) is 3.56. The molecule has 2 aromatic carbocycles. The maximum Gasteiger partial charge on any atom is 0.124 e. The molecular formula is C22H17FN2S2. The highest BCUT2D eigenvalue weighted by Gasteiger charge is 2.16. The van der Waals surface area contributed by atoms with Crippen molar-refractivity contribution in [2.24, 2.45) is 0 Å². The summed E-state index contributed by atoms with van der Waals surface area (Å²) in [5.74, 6) is 0.806. The van der Waals surface area contributed by atoms with Gasteiger partial charge in [-0.2, -0.15) is 0 Å². The smallest absolute Gasteiger partial charge is 0.124 e. The number of aromatic nitrogens is 2. The van der Waals surface area contributed by atoms with Crippen molar-refractivity contribution in [1.82, 2.24) is 9.97 Å². The average molecular weight is 393 g/mol. The third kappa shape index (κ3) is 3.94. The highest BCUT2D eigenvalue weighted by molar-refractivity contribution is 7.99. The number of thioether (sulfide) groups is 1. The Kier molecular flexibility index (Phi) is 5.32. The minimum absolute atomic E-state index is 0.247. The van der Waals surface area contributed by atoms with Crippen LogP contribution in [-0.4, -0.2) is 15.7 Å². The Labute approximate surface area is 166 Å². The van der Waals surface area contributed by atoms with Crippen molar-refractivity contribution in [3.63, 3.8) is 0 Å². The molecule has 2 nitrogen and oxygen atoms in total. The molecule has 0 aliphatic carbocycles. The lowest BCUT2D eigenvalue weighted by molar-refractivity contribution is 0.628. The third-order valence-electron chi connectivity index (χ3n) is 4.10. The number of benzene rings is 2. The molecule has 5 heteroatoms. The molecule has 0 amide bonds. The number of pyridine rings is 1. The van der Waals surface area contributed by atoms with Gasteiger partial charge in [-0.3, -0.25) is 4.98 Å². The third-order valence-corrected chi connectivity index (χ3v) is 6.15. The van der Waals surface area contributed by atoms with Gasteiger partial charge < -0.3 is 0 Å². The molecule has 0 bridgehead atoms. The normalized spacial score (nSPS) is 10.9. The Balaban J connectivity index is 1.81. The lowest BCUT2D eigenvalue weighted by Gasteiger charge is -2.02. The van der Waals surface area contributed by atoms with Crippen molar-refractivity contribution in [2.75, 3.05) is 5.75 Å². The van der Waals surface area contributed by atoms with E-state index in [2.05, 4.69) is 36.2 Å². The van der Waals surface area contributed by atoms with E-state index in [9.17, 15) is 4.39 Å². The Morgan fingerprint density at radius 2 is 1.52 bits per heavy atom. The van der Waals surface area contributed by atoms with Crippen LogP contribution in [0, 0.1) is 5.82 Å². The van der Waals surface area contributed by atoms with Gasteiger partial charge in [0, 0.05) is 28.4 Å². The predicted molar refractivity (Wildman–Crippen MR) is 113 cm³/mol.